The van der Waals surface area contributed by atoms with E-state index in [-0.39, 0.29) is 5.78 Å². The molecule has 0 saturated heterocycles. The first-order chi connectivity index (χ1) is 5.68. The summed E-state index contributed by atoms with van der Waals surface area (Å²) < 4.78 is 0. The molecular weight excluding hydrogens is 150 g/mol. The molecule has 1 atom stereocenters. The molecule has 2 heteroatoms. The van der Waals surface area contributed by atoms with Crippen molar-refractivity contribution >= 4 is 11.5 Å². The number of ketones is 1. The average Bonchev–Trinajstić information content (AvgIpc) is 2.28. The quantitative estimate of drug-likeness (QED) is 0.591. The molecule has 1 aromatic carbocycles. The van der Waals surface area contributed by atoms with Crippen LogP contribution in [0.4, 0.5) is 5.69 Å². The Labute approximate surface area is 71.4 Å². The minimum Gasteiger partial charge on any atom is -0.399 e. The molecule has 0 radical (unpaired) electrons. The summed E-state index contributed by atoms with van der Waals surface area (Å²) in [5.74, 6) is 0.595. The first-order valence-electron chi connectivity index (χ1n) is 4.11. The Morgan fingerprint density at radius 3 is 3.00 bits per heavy atom. The number of hydrogen-bond acceptors (Lipinski definition) is 2. The third kappa shape index (κ3) is 0.916. The highest BCUT2D eigenvalue weighted by Crippen LogP contribution is 2.33. The van der Waals surface area contributed by atoms with Gasteiger partial charge in [-0.15, -0.1) is 0 Å². The molecule has 1 aliphatic rings. The van der Waals surface area contributed by atoms with E-state index in [9.17, 15) is 4.79 Å². The van der Waals surface area contributed by atoms with E-state index in [1.54, 1.807) is 6.07 Å². The van der Waals surface area contributed by atoms with Gasteiger partial charge >= 0.3 is 0 Å². The van der Waals surface area contributed by atoms with Gasteiger partial charge in [0, 0.05) is 17.7 Å². The highest BCUT2D eigenvalue weighted by Gasteiger charge is 2.25. The molecule has 1 aromatic rings. The van der Waals surface area contributed by atoms with Crippen LogP contribution in [0.15, 0.2) is 18.2 Å². The zero-order valence-electron chi connectivity index (χ0n) is 7.00. The average molecular weight is 161 g/mol. The Morgan fingerprint density at radius 1 is 1.50 bits per heavy atom. The fourth-order valence-electron chi connectivity index (χ4n) is 1.74. The number of benzene rings is 1. The van der Waals surface area contributed by atoms with Crippen molar-refractivity contribution in [3.63, 3.8) is 0 Å². The second-order valence-corrected chi connectivity index (χ2v) is 3.38. The topological polar surface area (TPSA) is 43.1 Å². The van der Waals surface area contributed by atoms with Crippen LogP contribution in [0.3, 0.4) is 0 Å². The van der Waals surface area contributed by atoms with Gasteiger partial charge in [0.15, 0.2) is 5.78 Å². The molecule has 0 fully saturated rings. The smallest absolute Gasteiger partial charge is 0.163 e. The van der Waals surface area contributed by atoms with Crippen LogP contribution in [0.1, 0.15) is 35.2 Å². The van der Waals surface area contributed by atoms with Crippen molar-refractivity contribution in [2.24, 2.45) is 0 Å². The van der Waals surface area contributed by atoms with Crippen molar-refractivity contribution < 1.29 is 4.79 Å². The fraction of sp³-hybridized carbons (Fsp3) is 0.300. The second-order valence-electron chi connectivity index (χ2n) is 3.38. The van der Waals surface area contributed by atoms with Gasteiger partial charge in [0.25, 0.3) is 0 Å². The predicted octanol–water partition coefficient (Wildman–Crippen LogP) is 1.96. The van der Waals surface area contributed by atoms with Gasteiger partial charge in [-0.1, -0.05) is 13.0 Å². The third-order valence-corrected chi connectivity index (χ3v) is 2.40. The van der Waals surface area contributed by atoms with Crippen molar-refractivity contribution in [1.29, 1.82) is 0 Å². The van der Waals surface area contributed by atoms with Gasteiger partial charge in [-0.3, -0.25) is 4.79 Å². The van der Waals surface area contributed by atoms with Crippen LogP contribution >= 0.6 is 0 Å². The molecule has 12 heavy (non-hydrogen) atoms. The van der Waals surface area contributed by atoms with E-state index in [2.05, 4.69) is 6.92 Å². The number of carbonyl (C=O) groups excluding carboxylic acids is 1. The third-order valence-electron chi connectivity index (χ3n) is 2.40. The van der Waals surface area contributed by atoms with Crippen molar-refractivity contribution in [3.8, 4) is 0 Å². The first kappa shape index (κ1) is 7.35. The molecule has 0 bridgehead atoms. The van der Waals surface area contributed by atoms with Crippen LogP contribution in [0, 0.1) is 0 Å². The minimum absolute atomic E-state index is 0.227. The molecule has 62 valence electrons. The van der Waals surface area contributed by atoms with E-state index in [0.29, 0.717) is 18.0 Å². The summed E-state index contributed by atoms with van der Waals surface area (Å²) >= 11 is 0. The van der Waals surface area contributed by atoms with Gasteiger partial charge < -0.3 is 5.73 Å². The van der Waals surface area contributed by atoms with E-state index >= 15 is 0 Å². The van der Waals surface area contributed by atoms with Crippen LogP contribution in [0.2, 0.25) is 0 Å². The Balaban J connectivity index is 2.60. The molecule has 2 N–H and O–H groups in total. The lowest BCUT2D eigenvalue weighted by Gasteiger charge is -2.02. The molecule has 2 nitrogen and oxygen atoms in total. The van der Waals surface area contributed by atoms with E-state index < -0.39 is 0 Å². The summed E-state index contributed by atoms with van der Waals surface area (Å²) in [4.78, 5) is 11.4. The molecule has 0 spiro atoms. The first-order valence-corrected chi connectivity index (χ1v) is 4.11. The number of nitrogen functional groups attached to an aromatic ring is 1. The van der Waals surface area contributed by atoms with Crippen molar-refractivity contribution in [2.45, 2.75) is 19.3 Å². The van der Waals surface area contributed by atoms with Gasteiger partial charge in [0.2, 0.25) is 0 Å². The normalized spacial score (nSPS) is 21.1. The highest BCUT2D eigenvalue weighted by atomic mass is 16.1. The van der Waals surface area contributed by atoms with Crippen LogP contribution in [-0.4, -0.2) is 5.78 Å². The standard InChI is InChI=1S/C10H11NO/c1-6-4-10(12)9-5-7(11)2-3-8(6)9/h2-3,5-6H,4,11H2,1H3/t6-/m0/s1. The Bertz CT molecular complexity index is 344. The summed E-state index contributed by atoms with van der Waals surface area (Å²) in [5.41, 5.74) is 8.23. The second kappa shape index (κ2) is 2.34. The van der Waals surface area contributed by atoms with Gasteiger partial charge in [0.05, 0.1) is 0 Å². The number of Topliss-reactive ketones (excluding diaryl/α,β-unsaturated/α-hetero) is 1. The zero-order chi connectivity index (χ0) is 8.72. The summed E-state index contributed by atoms with van der Waals surface area (Å²) in [6, 6.07) is 5.59. The maximum Gasteiger partial charge on any atom is 0.163 e. The Morgan fingerprint density at radius 2 is 2.25 bits per heavy atom. The fourth-order valence-corrected chi connectivity index (χ4v) is 1.74. The number of anilines is 1. The molecule has 2 rings (SSSR count). The lowest BCUT2D eigenvalue weighted by molar-refractivity contribution is 0.0990. The zero-order valence-corrected chi connectivity index (χ0v) is 7.00. The summed E-state index contributed by atoms with van der Waals surface area (Å²) in [6.07, 6.45) is 0.638. The number of rotatable bonds is 0. The molecule has 0 aliphatic heterocycles. The number of fused-ring (bicyclic) bond motifs is 1. The van der Waals surface area contributed by atoms with Crippen molar-refractivity contribution in [1.82, 2.24) is 0 Å². The maximum absolute atomic E-state index is 11.4. The Hall–Kier alpha value is -1.31. The van der Waals surface area contributed by atoms with E-state index in [4.69, 9.17) is 5.73 Å². The Kier molecular flexibility index (Phi) is 1.43. The lowest BCUT2D eigenvalue weighted by Crippen LogP contribution is -1.93. The van der Waals surface area contributed by atoms with Crippen molar-refractivity contribution in [3.05, 3.63) is 29.3 Å². The largest absolute Gasteiger partial charge is 0.399 e. The lowest BCUT2D eigenvalue weighted by atomic mass is 10.0. The number of hydrogen-bond donors (Lipinski definition) is 1. The number of nitrogens with two attached hydrogens (primary N) is 1. The summed E-state index contributed by atoms with van der Waals surface area (Å²) in [5, 5.41) is 0. The van der Waals surface area contributed by atoms with E-state index in [0.717, 1.165) is 11.1 Å². The molecule has 0 aromatic heterocycles. The molecule has 0 unspecified atom stereocenters. The van der Waals surface area contributed by atoms with Crippen LogP contribution in [0.5, 0.6) is 0 Å². The van der Waals surface area contributed by atoms with Crippen molar-refractivity contribution in [2.75, 3.05) is 5.73 Å². The molecular formula is C10H11NO. The highest BCUT2D eigenvalue weighted by molar-refractivity contribution is 6.01. The van der Waals surface area contributed by atoms with Crippen LogP contribution < -0.4 is 5.73 Å². The summed E-state index contributed by atoms with van der Waals surface area (Å²) in [7, 11) is 0. The van der Waals surface area contributed by atoms with Gasteiger partial charge in [0.1, 0.15) is 0 Å². The molecule has 0 heterocycles. The number of carbonyl (C=O) groups is 1. The van der Waals surface area contributed by atoms with Crippen LogP contribution in [0.25, 0.3) is 0 Å². The molecule has 1 aliphatic carbocycles. The van der Waals surface area contributed by atoms with E-state index in [1.807, 2.05) is 12.1 Å². The summed E-state index contributed by atoms with van der Waals surface area (Å²) in [6.45, 7) is 2.07. The van der Waals surface area contributed by atoms with Gasteiger partial charge in [-0.2, -0.15) is 0 Å². The molecule has 0 saturated carbocycles. The minimum atomic E-state index is 0.227. The van der Waals surface area contributed by atoms with Gasteiger partial charge in [-0.05, 0) is 23.6 Å². The monoisotopic (exact) mass is 161 g/mol. The van der Waals surface area contributed by atoms with E-state index in [1.165, 1.54) is 0 Å². The maximum atomic E-state index is 11.4. The predicted molar refractivity (Wildman–Crippen MR) is 48.2 cm³/mol. The van der Waals surface area contributed by atoms with Crippen LogP contribution in [-0.2, 0) is 0 Å². The molecule has 0 amide bonds. The SMILES string of the molecule is C[C@H]1CC(=O)c2cc(N)ccc21. The van der Waals surface area contributed by atoms with Gasteiger partial charge in [-0.25, -0.2) is 0 Å².